The summed E-state index contributed by atoms with van der Waals surface area (Å²) in [6, 6.07) is 6.19. The number of β-amino-alcohol motifs (C(OH)–C–C–N with tert-alkyl or cyclic N) is 1. The van der Waals surface area contributed by atoms with Crippen LogP contribution in [-0.2, 0) is 20.8 Å². The number of hydrogen-bond donors (Lipinski definition) is 3. The summed E-state index contributed by atoms with van der Waals surface area (Å²) in [5, 5.41) is 16.1. The molecule has 0 aliphatic carbocycles. The van der Waals surface area contributed by atoms with Gasteiger partial charge in [0.1, 0.15) is 12.1 Å². The topological polar surface area (TPSA) is 112 Å². The summed E-state index contributed by atoms with van der Waals surface area (Å²) < 4.78 is 0. The van der Waals surface area contributed by atoms with Crippen LogP contribution in [0.1, 0.15) is 79.1 Å². The van der Waals surface area contributed by atoms with Crippen molar-refractivity contribution in [1.29, 1.82) is 0 Å². The highest BCUT2D eigenvalue weighted by Gasteiger charge is 2.44. The maximum absolute atomic E-state index is 13.4. The lowest BCUT2D eigenvalue weighted by Gasteiger charge is -2.35. The van der Waals surface area contributed by atoms with Crippen LogP contribution < -0.4 is 10.6 Å². The van der Waals surface area contributed by atoms with Gasteiger partial charge in [-0.3, -0.25) is 14.4 Å². The van der Waals surface area contributed by atoms with E-state index in [1.165, 1.54) is 11.8 Å². The van der Waals surface area contributed by atoms with Crippen LogP contribution in [0.5, 0.6) is 0 Å². The monoisotopic (exact) mass is 542 g/mol. The lowest BCUT2D eigenvalue weighted by Crippen LogP contribution is -2.57. The Morgan fingerprint density at radius 1 is 1.11 bits per heavy atom. The molecule has 1 aromatic heterocycles. The molecular formula is C29H42N4O4S. The normalized spacial score (nSPS) is 19.7. The van der Waals surface area contributed by atoms with Crippen molar-refractivity contribution < 1.29 is 19.5 Å². The second kappa shape index (κ2) is 11.5. The Balaban J connectivity index is 1.72. The van der Waals surface area contributed by atoms with Crippen molar-refractivity contribution in [3.63, 3.8) is 0 Å². The van der Waals surface area contributed by atoms with Crippen molar-refractivity contribution in [2.24, 2.45) is 10.8 Å². The van der Waals surface area contributed by atoms with Crippen LogP contribution in [-0.4, -0.2) is 57.4 Å². The van der Waals surface area contributed by atoms with E-state index in [1.54, 1.807) is 11.3 Å². The number of likely N-dealkylation sites (tertiary alicyclic amines) is 1. The largest absolute Gasteiger partial charge is 0.391 e. The lowest BCUT2D eigenvalue weighted by molar-refractivity contribution is -0.144. The highest BCUT2D eigenvalue weighted by atomic mass is 32.1. The van der Waals surface area contributed by atoms with E-state index >= 15 is 0 Å². The van der Waals surface area contributed by atoms with E-state index < -0.39 is 23.6 Å². The SMILES string of the molecule is CC(=O)N[C@H](C(=O)N1C[C@H](O)C[C@H]1C(=O)N[C@@H](C)c1ccc(-c2scnc2CC(C)(C)C)cc1)C(C)(C)C. The minimum absolute atomic E-state index is 0.0535. The molecule has 0 unspecified atom stereocenters. The van der Waals surface area contributed by atoms with Gasteiger partial charge in [0, 0.05) is 19.9 Å². The number of nitrogens with zero attached hydrogens (tertiary/aromatic N) is 2. The van der Waals surface area contributed by atoms with Gasteiger partial charge in [0.2, 0.25) is 17.7 Å². The predicted molar refractivity (Wildman–Crippen MR) is 150 cm³/mol. The van der Waals surface area contributed by atoms with E-state index in [0.717, 1.165) is 28.1 Å². The van der Waals surface area contributed by atoms with Crippen LogP contribution in [0.4, 0.5) is 0 Å². The molecule has 0 saturated carbocycles. The van der Waals surface area contributed by atoms with Crippen molar-refractivity contribution in [3.05, 3.63) is 41.0 Å². The molecule has 208 valence electrons. The molecule has 3 amide bonds. The number of aliphatic hydroxyl groups excluding tert-OH is 1. The number of thiazole rings is 1. The van der Waals surface area contributed by atoms with Crippen LogP contribution >= 0.6 is 11.3 Å². The van der Waals surface area contributed by atoms with Gasteiger partial charge in [0.25, 0.3) is 0 Å². The van der Waals surface area contributed by atoms with Crippen LogP contribution in [0, 0.1) is 10.8 Å². The summed E-state index contributed by atoms with van der Waals surface area (Å²) in [5.41, 5.74) is 4.58. The molecule has 4 atom stereocenters. The molecule has 0 radical (unpaired) electrons. The van der Waals surface area contributed by atoms with E-state index in [0.29, 0.717) is 0 Å². The third-order valence-electron chi connectivity index (χ3n) is 6.70. The summed E-state index contributed by atoms with van der Waals surface area (Å²) in [5.74, 6) is -1.01. The smallest absolute Gasteiger partial charge is 0.246 e. The zero-order valence-corrected chi connectivity index (χ0v) is 24.6. The summed E-state index contributed by atoms with van der Waals surface area (Å²) >= 11 is 1.63. The molecule has 1 saturated heterocycles. The lowest BCUT2D eigenvalue weighted by atomic mass is 9.85. The molecule has 0 spiro atoms. The Kier molecular flexibility index (Phi) is 9.04. The van der Waals surface area contributed by atoms with Gasteiger partial charge in [0.05, 0.1) is 28.2 Å². The summed E-state index contributed by atoms with van der Waals surface area (Å²) in [6.07, 6.45) is 0.242. The fraction of sp³-hybridized carbons (Fsp3) is 0.586. The van der Waals surface area contributed by atoms with Crippen LogP contribution in [0.15, 0.2) is 29.8 Å². The molecule has 2 aromatic rings. The second-order valence-electron chi connectivity index (χ2n) is 12.6. The van der Waals surface area contributed by atoms with Crippen LogP contribution in [0.2, 0.25) is 0 Å². The zero-order chi connectivity index (χ0) is 28.4. The van der Waals surface area contributed by atoms with E-state index in [-0.39, 0.29) is 42.1 Å². The number of carbonyl (C=O) groups is 3. The van der Waals surface area contributed by atoms with Crippen molar-refractivity contribution >= 4 is 29.1 Å². The summed E-state index contributed by atoms with van der Waals surface area (Å²) in [7, 11) is 0. The van der Waals surface area contributed by atoms with Gasteiger partial charge in [-0.25, -0.2) is 4.98 Å². The Morgan fingerprint density at radius 2 is 1.74 bits per heavy atom. The fourth-order valence-electron chi connectivity index (χ4n) is 4.77. The number of aliphatic hydroxyl groups is 1. The maximum atomic E-state index is 13.4. The van der Waals surface area contributed by atoms with Crippen LogP contribution in [0.25, 0.3) is 10.4 Å². The molecule has 38 heavy (non-hydrogen) atoms. The van der Waals surface area contributed by atoms with Gasteiger partial charge in [-0.1, -0.05) is 65.8 Å². The van der Waals surface area contributed by atoms with E-state index in [2.05, 4.69) is 36.4 Å². The predicted octanol–water partition coefficient (Wildman–Crippen LogP) is 4.09. The maximum Gasteiger partial charge on any atom is 0.246 e. The van der Waals surface area contributed by atoms with Gasteiger partial charge in [-0.15, -0.1) is 11.3 Å². The van der Waals surface area contributed by atoms with Crippen molar-refractivity contribution in [3.8, 4) is 10.4 Å². The number of nitrogens with one attached hydrogen (secondary N) is 2. The fourth-order valence-corrected chi connectivity index (χ4v) is 5.59. The molecule has 3 rings (SSSR count). The number of aromatic nitrogens is 1. The van der Waals surface area contributed by atoms with Gasteiger partial charge < -0.3 is 20.6 Å². The number of carbonyl (C=O) groups excluding carboxylic acids is 3. The molecular weight excluding hydrogens is 500 g/mol. The van der Waals surface area contributed by atoms with Crippen molar-refractivity contribution in [2.45, 2.75) is 92.5 Å². The summed E-state index contributed by atoms with van der Waals surface area (Å²) in [6.45, 7) is 15.5. The number of rotatable bonds is 7. The van der Waals surface area contributed by atoms with E-state index in [1.807, 2.05) is 57.5 Å². The van der Waals surface area contributed by atoms with Crippen LogP contribution in [0.3, 0.4) is 0 Å². The van der Waals surface area contributed by atoms with Crippen molar-refractivity contribution in [1.82, 2.24) is 20.5 Å². The molecule has 2 heterocycles. The molecule has 1 fully saturated rings. The number of benzene rings is 1. The highest BCUT2D eigenvalue weighted by Crippen LogP contribution is 2.33. The zero-order valence-electron chi connectivity index (χ0n) is 23.8. The Morgan fingerprint density at radius 3 is 2.29 bits per heavy atom. The van der Waals surface area contributed by atoms with E-state index in [9.17, 15) is 19.5 Å². The number of hydrogen-bond acceptors (Lipinski definition) is 6. The Bertz CT molecular complexity index is 1150. The average Bonchev–Trinajstić information content (AvgIpc) is 3.41. The molecule has 8 nitrogen and oxygen atoms in total. The standard InChI is InChI=1S/C29H42N4O4S/c1-17(19-9-11-20(12-10-19)24-22(30-16-38-24)14-28(3,4)5)31-26(36)23-13-21(35)15-33(23)27(37)25(29(6,7)8)32-18(2)34/h9-12,16-17,21,23,25,35H,13-15H2,1-8H3,(H,31,36)(H,32,34)/t17-,21+,23-,25+/m0/s1. The van der Waals surface area contributed by atoms with Gasteiger partial charge in [0.15, 0.2) is 0 Å². The molecule has 3 N–H and O–H groups in total. The molecule has 9 heteroatoms. The average molecular weight is 543 g/mol. The first kappa shape index (κ1) is 29.8. The third-order valence-corrected chi connectivity index (χ3v) is 7.61. The van der Waals surface area contributed by atoms with Crippen molar-refractivity contribution in [2.75, 3.05) is 6.54 Å². The Labute approximate surface area is 230 Å². The summed E-state index contributed by atoms with van der Waals surface area (Å²) in [4.78, 5) is 45.6. The minimum atomic E-state index is -0.810. The first-order valence-corrected chi connectivity index (χ1v) is 14.0. The quantitative estimate of drug-likeness (QED) is 0.488. The molecule has 1 aliphatic rings. The first-order chi connectivity index (χ1) is 17.6. The van der Waals surface area contributed by atoms with Gasteiger partial charge in [-0.2, -0.15) is 0 Å². The van der Waals surface area contributed by atoms with E-state index in [4.69, 9.17) is 0 Å². The second-order valence-corrected chi connectivity index (χ2v) is 13.5. The van der Waals surface area contributed by atoms with Gasteiger partial charge >= 0.3 is 0 Å². The van der Waals surface area contributed by atoms with Gasteiger partial charge in [-0.05, 0) is 35.3 Å². The Hall–Kier alpha value is -2.78. The third kappa shape index (κ3) is 7.41. The molecule has 0 bridgehead atoms. The molecule has 1 aromatic carbocycles. The minimum Gasteiger partial charge on any atom is -0.391 e. The first-order valence-electron chi connectivity index (χ1n) is 13.2. The highest BCUT2D eigenvalue weighted by molar-refractivity contribution is 7.13. The molecule has 1 aliphatic heterocycles. The number of amides is 3.